The van der Waals surface area contributed by atoms with Gasteiger partial charge in [-0.2, -0.15) is 0 Å². The molecule has 1 aliphatic rings. The normalized spacial score (nSPS) is 15.3. The Morgan fingerprint density at radius 3 is 2.59 bits per heavy atom. The fraction of sp³-hybridized carbons (Fsp3) is 0.190. The highest BCUT2D eigenvalue weighted by Gasteiger charge is 2.31. The number of nitrogens with zero attached hydrogens (tertiary/aromatic N) is 1. The second-order valence-corrected chi connectivity index (χ2v) is 9.01. The monoisotopic (exact) mass is 464 g/mol. The SMILES string of the molecule is Cc1ccc(/C=C2/SC(=S)N(CCCC(=O)Nc3ccc(Cl)c(Cl)c3)C2=O)cc1. The summed E-state index contributed by atoms with van der Waals surface area (Å²) < 4.78 is 0.512. The fourth-order valence-corrected chi connectivity index (χ4v) is 4.31. The first-order valence-corrected chi connectivity index (χ1v) is 10.9. The predicted octanol–water partition coefficient (Wildman–Crippen LogP) is 5.92. The number of rotatable bonds is 6. The third-order valence-electron chi connectivity index (χ3n) is 4.24. The lowest BCUT2D eigenvalue weighted by molar-refractivity contribution is -0.122. The molecule has 1 heterocycles. The lowest BCUT2D eigenvalue weighted by atomic mass is 10.1. The van der Waals surface area contributed by atoms with Gasteiger partial charge in [-0.1, -0.05) is 77.0 Å². The molecule has 2 amide bonds. The molecule has 8 heteroatoms. The van der Waals surface area contributed by atoms with Gasteiger partial charge in [-0.05, 0) is 43.2 Å². The zero-order chi connectivity index (χ0) is 21.0. The van der Waals surface area contributed by atoms with Crippen molar-refractivity contribution in [1.29, 1.82) is 0 Å². The highest BCUT2D eigenvalue weighted by Crippen LogP contribution is 2.32. The van der Waals surface area contributed by atoms with Crippen LogP contribution in [0.3, 0.4) is 0 Å². The molecule has 0 radical (unpaired) electrons. The van der Waals surface area contributed by atoms with Gasteiger partial charge in [0.25, 0.3) is 5.91 Å². The Labute approximate surface area is 189 Å². The third-order valence-corrected chi connectivity index (χ3v) is 6.35. The average Bonchev–Trinajstić information content (AvgIpc) is 2.94. The molecule has 29 heavy (non-hydrogen) atoms. The molecule has 0 atom stereocenters. The number of hydrogen-bond acceptors (Lipinski definition) is 4. The Morgan fingerprint density at radius 1 is 1.17 bits per heavy atom. The van der Waals surface area contributed by atoms with Crippen molar-refractivity contribution in [3.63, 3.8) is 0 Å². The first kappa shape index (κ1) is 21.8. The summed E-state index contributed by atoms with van der Waals surface area (Å²) in [7, 11) is 0. The van der Waals surface area contributed by atoms with E-state index in [1.54, 1.807) is 23.1 Å². The minimum Gasteiger partial charge on any atom is -0.326 e. The smallest absolute Gasteiger partial charge is 0.266 e. The maximum Gasteiger partial charge on any atom is 0.266 e. The molecule has 1 saturated heterocycles. The first-order chi connectivity index (χ1) is 13.8. The quantitative estimate of drug-likeness (QED) is 0.425. The van der Waals surface area contributed by atoms with Crippen LogP contribution in [0.25, 0.3) is 6.08 Å². The van der Waals surface area contributed by atoms with Crippen molar-refractivity contribution < 1.29 is 9.59 Å². The van der Waals surface area contributed by atoms with Gasteiger partial charge in [-0.25, -0.2) is 0 Å². The van der Waals surface area contributed by atoms with Crippen LogP contribution in [-0.2, 0) is 9.59 Å². The van der Waals surface area contributed by atoms with Crippen LogP contribution in [0, 0.1) is 6.92 Å². The van der Waals surface area contributed by atoms with Gasteiger partial charge < -0.3 is 5.32 Å². The lowest BCUT2D eigenvalue weighted by Gasteiger charge is -2.14. The van der Waals surface area contributed by atoms with Crippen LogP contribution >= 0.6 is 47.2 Å². The molecule has 2 aromatic carbocycles. The first-order valence-electron chi connectivity index (χ1n) is 8.90. The molecule has 1 N–H and O–H groups in total. The van der Waals surface area contributed by atoms with Gasteiger partial charge in [0.15, 0.2) is 0 Å². The van der Waals surface area contributed by atoms with Crippen LogP contribution in [0.2, 0.25) is 10.0 Å². The number of hydrogen-bond donors (Lipinski definition) is 1. The number of anilines is 1. The minimum absolute atomic E-state index is 0.120. The molecule has 1 fully saturated rings. The van der Waals surface area contributed by atoms with Crippen molar-refractivity contribution >= 4 is 75.1 Å². The molecule has 0 aliphatic carbocycles. The summed E-state index contributed by atoms with van der Waals surface area (Å²) in [5, 5.41) is 3.57. The summed E-state index contributed by atoms with van der Waals surface area (Å²) in [6.07, 6.45) is 2.60. The molecule has 0 saturated carbocycles. The van der Waals surface area contributed by atoms with Gasteiger partial charge in [0.05, 0.1) is 15.0 Å². The Kier molecular flexibility index (Phi) is 7.35. The number of thioether (sulfide) groups is 1. The Morgan fingerprint density at radius 2 is 1.90 bits per heavy atom. The second-order valence-electron chi connectivity index (χ2n) is 6.52. The summed E-state index contributed by atoms with van der Waals surface area (Å²) in [5.41, 5.74) is 2.70. The van der Waals surface area contributed by atoms with E-state index in [4.69, 9.17) is 35.4 Å². The molecule has 0 unspecified atom stereocenters. The van der Waals surface area contributed by atoms with Crippen molar-refractivity contribution in [1.82, 2.24) is 4.90 Å². The van der Waals surface area contributed by atoms with Crippen LogP contribution in [0.15, 0.2) is 47.4 Å². The number of aryl methyl sites for hydroxylation is 1. The average molecular weight is 465 g/mol. The lowest BCUT2D eigenvalue weighted by Crippen LogP contribution is -2.29. The van der Waals surface area contributed by atoms with E-state index in [0.717, 1.165) is 11.1 Å². The standard InChI is InChI=1S/C21H18Cl2N2O2S2/c1-13-4-6-14(7-5-13)11-18-20(27)25(21(28)29-18)10-2-3-19(26)24-15-8-9-16(22)17(23)12-15/h4-9,11-12H,2-3,10H2,1H3,(H,24,26)/b18-11+. The number of carbonyl (C=O) groups is 2. The van der Waals surface area contributed by atoms with E-state index in [0.29, 0.717) is 37.9 Å². The number of nitrogens with one attached hydrogen (secondary N) is 1. The zero-order valence-corrected chi connectivity index (χ0v) is 18.7. The van der Waals surface area contributed by atoms with Gasteiger partial charge in [0, 0.05) is 18.7 Å². The molecule has 0 aromatic heterocycles. The molecule has 150 valence electrons. The summed E-state index contributed by atoms with van der Waals surface area (Å²) in [6.45, 7) is 2.41. The van der Waals surface area contributed by atoms with E-state index in [-0.39, 0.29) is 18.2 Å². The van der Waals surface area contributed by atoms with E-state index in [1.807, 2.05) is 37.3 Å². The van der Waals surface area contributed by atoms with Gasteiger partial charge in [0.2, 0.25) is 5.91 Å². The Bertz CT molecular complexity index is 991. The van der Waals surface area contributed by atoms with Crippen molar-refractivity contribution in [3.05, 3.63) is 68.5 Å². The predicted molar refractivity (Wildman–Crippen MR) is 125 cm³/mol. The van der Waals surface area contributed by atoms with E-state index in [9.17, 15) is 9.59 Å². The summed E-state index contributed by atoms with van der Waals surface area (Å²) in [6, 6.07) is 12.8. The summed E-state index contributed by atoms with van der Waals surface area (Å²) >= 11 is 18.4. The summed E-state index contributed by atoms with van der Waals surface area (Å²) in [4.78, 5) is 26.9. The molecule has 0 spiro atoms. The Balaban J connectivity index is 1.53. The molecule has 3 rings (SSSR count). The van der Waals surface area contributed by atoms with Gasteiger partial charge in [0.1, 0.15) is 4.32 Å². The second kappa shape index (κ2) is 9.76. The van der Waals surface area contributed by atoms with Crippen LogP contribution in [0.5, 0.6) is 0 Å². The van der Waals surface area contributed by atoms with Crippen LogP contribution in [-0.4, -0.2) is 27.6 Å². The highest BCUT2D eigenvalue weighted by molar-refractivity contribution is 8.26. The molecular weight excluding hydrogens is 447 g/mol. The van der Waals surface area contributed by atoms with Gasteiger partial charge in [-0.15, -0.1) is 0 Å². The molecular formula is C21H18Cl2N2O2S2. The third kappa shape index (κ3) is 5.82. The van der Waals surface area contributed by atoms with Gasteiger partial charge >= 0.3 is 0 Å². The van der Waals surface area contributed by atoms with Crippen molar-refractivity contribution in [2.75, 3.05) is 11.9 Å². The molecule has 1 aliphatic heterocycles. The topological polar surface area (TPSA) is 49.4 Å². The number of thiocarbonyl (C=S) groups is 1. The number of halogens is 2. The summed E-state index contributed by atoms with van der Waals surface area (Å²) in [5.74, 6) is -0.283. The number of carbonyl (C=O) groups excluding carboxylic acids is 2. The van der Waals surface area contributed by atoms with E-state index < -0.39 is 0 Å². The molecule has 0 bridgehead atoms. The maximum atomic E-state index is 12.6. The molecule has 4 nitrogen and oxygen atoms in total. The van der Waals surface area contributed by atoms with Crippen LogP contribution < -0.4 is 5.32 Å². The van der Waals surface area contributed by atoms with Crippen molar-refractivity contribution in [3.8, 4) is 0 Å². The zero-order valence-electron chi connectivity index (χ0n) is 15.6. The number of amides is 2. The van der Waals surface area contributed by atoms with E-state index in [1.165, 1.54) is 11.8 Å². The highest BCUT2D eigenvalue weighted by atomic mass is 35.5. The fourth-order valence-electron chi connectivity index (χ4n) is 2.70. The molecule has 2 aromatic rings. The largest absolute Gasteiger partial charge is 0.326 e. The van der Waals surface area contributed by atoms with Crippen LogP contribution in [0.1, 0.15) is 24.0 Å². The van der Waals surface area contributed by atoms with Crippen LogP contribution in [0.4, 0.5) is 5.69 Å². The van der Waals surface area contributed by atoms with Gasteiger partial charge in [-0.3, -0.25) is 14.5 Å². The number of benzene rings is 2. The van der Waals surface area contributed by atoms with Crippen molar-refractivity contribution in [2.24, 2.45) is 0 Å². The maximum absolute atomic E-state index is 12.6. The van der Waals surface area contributed by atoms with Crippen molar-refractivity contribution in [2.45, 2.75) is 19.8 Å². The van der Waals surface area contributed by atoms with E-state index in [2.05, 4.69) is 5.32 Å². The van der Waals surface area contributed by atoms with E-state index >= 15 is 0 Å². The Hall–Kier alpha value is -1.86. The minimum atomic E-state index is -0.163.